The largest absolute Gasteiger partial charge is 0.474 e. The molecule has 0 aromatic carbocycles. The van der Waals surface area contributed by atoms with Gasteiger partial charge in [0.1, 0.15) is 17.3 Å². The fourth-order valence-corrected chi connectivity index (χ4v) is 5.21. The Kier molecular flexibility index (Phi) is 4.60. The third-order valence-electron chi connectivity index (χ3n) is 5.57. The fraction of sp³-hybridized carbons (Fsp3) is 0.611. The number of nitrogens with two attached hydrogens (primary N) is 1. The predicted octanol–water partition coefficient (Wildman–Crippen LogP) is 2.19. The van der Waals surface area contributed by atoms with Gasteiger partial charge in [0.25, 0.3) is 0 Å². The van der Waals surface area contributed by atoms with Crippen LogP contribution < -0.4 is 15.8 Å². The third-order valence-corrected chi connectivity index (χ3v) is 6.77. The summed E-state index contributed by atoms with van der Waals surface area (Å²) >= 11 is 1.70. The van der Waals surface area contributed by atoms with Gasteiger partial charge in [-0.2, -0.15) is 0 Å². The number of hydrogen-bond acceptors (Lipinski definition) is 6. The van der Waals surface area contributed by atoms with Crippen LogP contribution >= 0.6 is 11.3 Å². The molecule has 1 atom stereocenters. The Morgan fingerprint density at radius 2 is 2.08 bits per heavy atom. The van der Waals surface area contributed by atoms with Gasteiger partial charge in [-0.05, 0) is 57.6 Å². The van der Waals surface area contributed by atoms with Crippen LogP contribution in [0.5, 0.6) is 5.88 Å². The van der Waals surface area contributed by atoms with Gasteiger partial charge in [-0.3, -0.25) is 4.79 Å². The first-order valence-corrected chi connectivity index (χ1v) is 9.85. The molecule has 0 radical (unpaired) electrons. The van der Waals surface area contributed by atoms with Gasteiger partial charge in [0.05, 0.1) is 5.39 Å². The van der Waals surface area contributed by atoms with Gasteiger partial charge in [-0.15, -0.1) is 11.3 Å². The molecular weight excluding hydrogens is 336 g/mol. The van der Waals surface area contributed by atoms with Crippen LogP contribution in [-0.2, 0) is 17.6 Å². The Morgan fingerprint density at radius 3 is 2.80 bits per heavy atom. The zero-order chi connectivity index (χ0) is 17.4. The highest BCUT2D eigenvalue weighted by Crippen LogP contribution is 2.41. The Bertz CT molecular complexity index is 783. The monoisotopic (exact) mass is 360 g/mol. The number of thiophene rings is 1. The van der Waals surface area contributed by atoms with E-state index in [1.165, 1.54) is 10.4 Å². The lowest BCUT2D eigenvalue weighted by atomic mass is 9.87. The van der Waals surface area contributed by atoms with Crippen molar-refractivity contribution in [2.24, 2.45) is 11.7 Å². The van der Waals surface area contributed by atoms with Crippen LogP contribution in [0.15, 0.2) is 6.33 Å². The molecule has 0 spiro atoms. The minimum Gasteiger partial charge on any atom is -0.474 e. The summed E-state index contributed by atoms with van der Waals surface area (Å²) in [6.45, 7) is 0. The molecule has 25 heavy (non-hydrogen) atoms. The second kappa shape index (κ2) is 6.88. The molecule has 1 amide bonds. The van der Waals surface area contributed by atoms with E-state index in [9.17, 15) is 4.79 Å². The number of carbonyl (C=O) groups is 1. The smallest absolute Gasteiger partial charge is 0.225 e. The lowest BCUT2D eigenvalue weighted by Gasteiger charge is -2.28. The van der Waals surface area contributed by atoms with Gasteiger partial charge >= 0.3 is 0 Å². The van der Waals surface area contributed by atoms with Gasteiger partial charge in [0.2, 0.25) is 11.8 Å². The van der Waals surface area contributed by atoms with E-state index in [1.54, 1.807) is 17.7 Å². The average Bonchev–Trinajstić information content (AvgIpc) is 3.01. The van der Waals surface area contributed by atoms with Gasteiger partial charge in [-0.1, -0.05) is 0 Å². The molecule has 134 valence electrons. The quantitative estimate of drug-likeness (QED) is 0.872. The van der Waals surface area contributed by atoms with E-state index >= 15 is 0 Å². The Morgan fingerprint density at radius 1 is 1.28 bits per heavy atom. The standard InChI is InChI=1S/C18H24N4O2S/c1-20-11-3-5-12(6-4-11)24-17-15-13-8-10(16(19)23)2-7-14(13)25-18(15)22-9-21-17/h9-12,20H,2-8H2,1H3,(H2,19,23)/t10-,11?,12?/m1/s1. The minimum atomic E-state index is -0.213. The van der Waals surface area contributed by atoms with E-state index in [0.29, 0.717) is 18.3 Å². The molecule has 2 aromatic rings. The van der Waals surface area contributed by atoms with Gasteiger partial charge in [-0.25, -0.2) is 9.97 Å². The topological polar surface area (TPSA) is 90.1 Å². The predicted molar refractivity (Wildman–Crippen MR) is 97.9 cm³/mol. The third kappa shape index (κ3) is 3.22. The zero-order valence-corrected chi connectivity index (χ0v) is 15.3. The first-order valence-electron chi connectivity index (χ1n) is 9.04. The summed E-state index contributed by atoms with van der Waals surface area (Å²) in [5.74, 6) is 0.375. The fourth-order valence-electron chi connectivity index (χ4n) is 4.04. The maximum absolute atomic E-state index is 11.6. The molecule has 4 rings (SSSR count). The van der Waals surface area contributed by atoms with Crippen LogP contribution in [0.1, 0.15) is 42.5 Å². The maximum atomic E-state index is 11.6. The molecule has 6 nitrogen and oxygen atoms in total. The number of aromatic nitrogens is 2. The number of carbonyl (C=O) groups excluding carboxylic acids is 1. The van der Waals surface area contributed by atoms with E-state index in [1.807, 2.05) is 7.05 Å². The van der Waals surface area contributed by atoms with E-state index in [0.717, 1.165) is 48.7 Å². The number of fused-ring (bicyclic) bond motifs is 3. The first-order chi connectivity index (χ1) is 12.2. The molecular formula is C18H24N4O2S. The zero-order valence-electron chi connectivity index (χ0n) is 14.5. The van der Waals surface area contributed by atoms with Crippen molar-refractivity contribution in [3.8, 4) is 5.88 Å². The van der Waals surface area contributed by atoms with E-state index in [-0.39, 0.29) is 17.9 Å². The van der Waals surface area contributed by atoms with Crippen LogP contribution in [0.3, 0.4) is 0 Å². The van der Waals surface area contributed by atoms with Crippen molar-refractivity contribution in [1.82, 2.24) is 15.3 Å². The first kappa shape index (κ1) is 16.7. The van der Waals surface area contributed by atoms with Crippen LogP contribution in [0.2, 0.25) is 0 Å². The second-order valence-corrected chi connectivity index (χ2v) is 8.17. The highest BCUT2D eigenvalue weighted by Gasteiger charge is 2.29. The Labute approximate surface area is 151 Å². The highest BCUT2D eigenvalue weighted by atomic mass is 32.1. The Balaban J connectivity index is 1.62. The van der Waals surface area contributed by atoms with Crippen molar-refractivity contribution < 1.29 is 9.53 Å². The number of primary amides is 1. The molecule has 0 unspecified atom stereocenters. The number of ether oxygens (including phenoxy) is 1. The molecule has 2 heterocycles. The van der Waals surface area contributed by atoms with E-state index < -0.39 is 0 Å². The van der Waals surface area contributed by atoms with Crippen molar-refractivity contribution >= 4 is 27.5 Å². The average molecular weight is 360 g/mol. The number of hydrogen-bond donors (Lipinski definition) is 2. The van der Waals surface area contributed by atoms with Crippen LogP contribution in [0.25, 0.3) is 10.2 Å². The van der Waals surface area contributed by atoms with Crippen LogP contribution in [-0.4, -0.2) is 35.1 Å². The summed E-state index contributed by atoms with van der Waals surface area (Å²) in [5, 5.41) is 4.35. The minimum absolute atomic E-state index is 0.0931. The van der Waals surface area contributed by atoms with Crippen molar-refractivity contribution in [2.75, 3.05) is 7.05 Å². The molecule has 1 saturated carbocycles. The van der Waals surface area contributed by atoms with E-state index in [2.05, 4.69) is 15.3 Å². The molecule has 0 bridgehead atoms. The van der Waals surface area contributed by atoms with Gasteiger partial charge in [0.15, 0.2) is 0 Å². The molecule has 2 aliphatic rings. The molecule has 3 N–H and O–H groups in total. The second-order valence-electron chi connectivity index (χ2n) is 7.09. The highest BCUT2D eigenvalue weighted by molar-refractivity contribution is 7.18. The summed E-state index contributed by atoms with van der Waals surface area (Å²) < 4.78 is 6.29. The number of nitrogens with zero attached hydrogens (tertiary/aromatic N) is 2. The van der Waals surface area contributed by atoms with Crippen molar-refractivity contribution in [3.05, 3.63) is 16.8 Å². The molecule has 1 fully saturated rings. The van der Waals surface area contributed by atoms with Gasteiger partial charge < -0.3 is 15.8 Å². The summed E-state index contributed by atoms with van der Waals surface area (Å²) in [6.07, 6.45) is 8.51. The number of aryl methyl sites for hydroxylation is 1. The van der Waals surface area contributed by atoms with Crippen LogP contribution in [0.4, 0.5) is 0 Å². The molecule has 7 heteroatoms. The maximum Gasteiger partial charge on any atom is 0.225 e. The molecule has 0 saturated heterocycles. The van der Waals surface area contributed by atoms with Crippen molar-refractivity contribution in [1.29, 1.82) is 0 Å². The number of amides is 1. The summed E-state index contributed by atoms with van der Waals surface area (Å²) in [7, 11) is 2.02. The molecule has 2 aromatic heterocycles. The lowest BCUT2D eigenvalue weighted by molar-refractivity contribution is -0.122. The van der Waals surface area contributed by atoms with Crippen LogP contribution in [0, 0.1) is 5.92 Å². The van der Waals surface area contributed by atoms with Crippen molar-refractivity contribution in [3.63, 3.8) is 0 Å². The van der Waals surface area contributed by atoms with Gasteiger partial charge in [0, 0.05) is 16.8 Å². The Hall–Kier alpha value is -1.73. The number of nitrogens with one attached hydrogen (secondary N) is 1. The van der Waals surface area contributed by atoms with E-state index in [4.69, 9.17) is 10.5 Å². The summed E-state index contributed by atoms with van der Waals surface area (Å²) in [5.41, 5.74) is 6.72. The molecule has 0 aliphatic heterocycles. The summed E-state index contributed by atoms with van der Waals surface area (Å²) in [6, 6.07) is 0.593. The molecule has 2 aliphatic carbocycles. The van der Waals surface area contributed by atoms with Crippen molar-refractivity contribution in [2.45, 2.75) is 57.1 Å². The normalized spacial score (nSPS) is 26.4. The number of rotatable bonds is 4. The lowest BCUT2D eigenvalue weighted by Crippen LogP contribution is -2.34. The SMILES string of the molecule is CNC1CCC(Oc2ncnc3sc4c(c23)C[C@H](C(N)=O)CC4)CC1. The summed E-state index contributed by atoms with van der Waals surface area (Å²) in [4.78, 5) is 22.8.